The number of pyridine rings is 1. The zero-order chi connectivity index (χ0) is 21.9. The lowest BCUT2D eigenvalue weighted by Gasteiger charge is -2.22. The maximum Gasteiger partial charge on any atom is 0.274 e. The Labute approximate surface area is 178 Å². The largest absolute Gasteiger partial charge is 0.541 e. The molecule has 3 aromatic rings. The fraction of sp³-hybridized carbons (Fsp3) is 0.304. The number of nitrogens with zero attached hydrogens (tertiary/aromatic N) is 2. The summed E-state index contributed by atoms with van der Waals surface area (Å²) in [7, 11) is 0.620. The van der Waals surface area contributed by atoms with E-state index in [1.165, 1.54) is 10.7 Å². The van der Waals surface area contributed by atoms with Gasteiger partial charge in [-0.05, 0) is 53.9 Å². The summed E-state index contributed by atoms with van der Waals surface area (Å²) in [5.74, 6) is 1.97. The number of nitrogens with one attached hydrogen (secondary N) is 1. The maximum absolute atomic E-state index is 12.5. The summed E-state index contributed by atoms with van der Waals surface area (Å²) >= 11 is 0. The zero-order valence-electron chi connectivity index (χ0n) is 18.3. The van der Waals surface area contributed by atoms with E-state index in [0.717, 1.165) is 16.9 Å². The predicted octanol–water partition coefficient (Wildman–Crippen LogP) is 4.63. The number of hydrogen-bond donors (Lipinski definition) is 1. The molecule has 1 radical (unpaired) electrons. The Morgan fingerprint density at radius 3 is 2.53 bits per heavy atom. The van der Waals surface area contributed by atoms with Gasteiger partial charge in [-0.3, -0.25) is 9.89 Å². The number of ether oxygens (including phenoxy) is 1. The second-order valence-electron chi connectivity index (χ2n) is 8.26. The molecule has 157 valence electrons. The first-order chi connectivity index (χ1) is 14.2. The molecule has 0 fully saturated rings. The summed E-state index contributed by atoms with van der Waals surface area (Å²) in [5, 5.41) is 3.12. The van der Waals surface area contributed by atoms with E-state index >= 15 is 0 Å². The fourth-order valence-electron chi connectivity index (χ4n) is 3.13. The highest BCUT2D eigenvalue weighted by atomic mass is 28.3. The highest BCUT2D eigenvalue weighted by Gasteiger charge is 2.19. The van der Waals surface area contributed by atoms with Crippen molar-refractivity contribution in [2.24, 2.45) is 0 Å². The SMILES string of the molecule is COc1cc(C=C(O[Si](C)C)c2cc(=O)n(-c3ccccn3)[nH]2)ccc1C(C)(C)C. The van der Waals surface area contributed by atoms with Crippen molar-refractivity contribution in [2.45, 2.75) is 39.3 Å². The number of aromatic amines is 1. The molecule has 0 saturated carbocycles. The molecule has 0 aliphatic rings. The molecule has 7 heteroatoms. The quantitative estimate of drug-likeness (QED) is 0.464. The van der Waals surface area contributed by atoms with Gasteiger partial charge in [-0.1, -0.05) is 39.0 Å². The van der Waals surface area contributed by atoms with Crippen LogP contribution in [0.1, 0.15) is 37.6 Å². The van der Waals surface area contributed by atoms with Gasteiger partial charge in [0.05, 0.1) is 7.11 Å². The van der Waals surface area contributed by atoms with Crippen molar-refractivity contribution in [3.63, 3.8) is 0 Å². The van der Waals surface area contributed by atoms with Gasteiger partial charge >= 0.3 is 0 Å². The smallest absolute Gasteiger partial charge is 0.274 e. The van der Waals surface area contributed by atoms with E-state index < -0.39 is 9.04 Å². The van der Waals surface area contributed by atoms with E-state index in [-0.39, 0.29) is 11.0 Å². The van der Waals surface area contributed by atoms with Crippen LogP contribution in [0, 0.1) is 0 Å². The van der Waals surface area contributed by atoms with Crippen molar-refractivity contribution in [3.05, 3.63) is 75.8 Å². The second-order valence-corrected chi connectivity index (χ2v) is 10.3. The molecule has 1 aromatic carbocycles. The van der Waals surface area contributed by atoms with Gasteiger partial charge in [0.1, 0.15) is 17.2 Å². The standard InChI is InChI=1S/C23H28N3O3Si/c1-23(2,3)17-11-10-16(13-19(17)28-4)14-20(29-30(5)6)18-15-22(27)26(25-18)21-9-7-8-12-24-21/h7-15,25H,1-6H3. The van der Waals surface area contributed by atoms with Crippen LogP contribution >= 0.6 is 0 Å². The topological polar surface area (TPSA) is 69.1 Å². The van der Waals surface area contributed by atoms with Gasteiger partial charge in [0.2, 0.25) is 0 Å². The van der Waals surface area contributed by atoms with E-state index in [2.05, 4.69) is 50.0 Å². The van der Waals surface area contributed by atoms with Crippen molar-refractivity contribution in [1.82, 2.24) is 14.8 Å². The number of methoxy groups -OCH3 is 1. The first kappa shape index (κ1) is 21.6. The van der Waals surface area contributed by atoms with Gasteiger partial charge in [0.15, 0.2) is 5.82 Å². The molecule has 2 aromatic heterocycles. The van der Waals surface area contributed by atoms with E-state index in [0.29, 0.717) is 17.3 Å². The van der Waals surface area contributed by atoms with E-state index in [1.807, 2.05) is 30.3 Å². The average molecular weight is 423 g/mol. The minimum absolute atomic E-state index is 0.0267. The Morgan fingerprint density at radius 2 is 1.93 bits per heavy atom. The molecule has 6 nitrogen and oxygen atoms in total. The Bertz CT molecular complexity index is 1090. The van der Waals surface area contributed by atoms with Gasteiger partial charge in [0.25, 0.3) is 14.6 Å². The van der Waals surface area contributed by atoms with Crippen LogP contribution in [0.4, 0.5) is 0 Å². The van der Waals surface area contributed by atoms with Crippen LogP contribution in [0.5, 0.6) is 5.75 Å². The second kappa shape index (κ2) is 8.75. The normalized spacial score (nSPS) is 12.3. The van der Waals surface area contributed by atoms with Crippen LogP contribution < -0.4 is 10.3 Å². The lowest BCUT2D eigenvalue weighted by atomic mass is 9.85. The average Bonchev–Trinajstić information content (AvgIpc) is 3.08. The number of benzene rings is 1. The lowest BCUT2D eigenvalue weighted by Crippen LogP contribution is -2.14. The third-order valence-corrected chi connectivity index (χ3v) is 5.14. The summed E-state index contributed by atoms with van der Waals surface area (Å²) < 4.78 is 13.2. The Morgan fingerprint density at radius 1 is 1.17 bits per heavy atom. The molecule has 0 amide bonds. The first-order valence-electron chi connectivity index (χ1n) is 9.81. The van der Waals surface area contributed by atoms with Crippen molar-refractivity contribution in [1.29, 1.82) is 0 Å². The van der Waals surface area contributed by atoms with Crippen LogP contribution in [0.2, 0.25) is 13.1 Å². The number of aromatic nitrogens is 3. The fourth-order valence-corrected chi connectivity index (χ4v) is 3.74. The third-order valence-electron chi connectivity index (χ3n) is 4.51. The third kappa shape index (κ3) is 4.91. The van der Waals surface area contributed by atoms with Crippen LogP contribution in [0.3, 0.4) is 0 Å². The molecule has 0 saturated heterocycles. The lowest BCUT2D eigenvalue weighted by molar-refractivity contribution is 0.397. The van der Waals surface area contributed by atoms with Crippen LogP contribution in [0.15, 0.2) is 53.5 Å². The van der Waals surface area contributed by atoms with Crippen LogP contribution in [-0.2, 0) is 9.84 Å². The van der Waals surface area contributed by atoms with Crippen molar-refractivity contribution in [2.75, 3.05) is 7.11 Å². The highest BCUT2D eigenvalue weighted by Crippen LogP contribution is 2.33. The van der Waals surface area contributed by atoms with Gasteiger partial charge < -0.3 is 9.16 Å². The molecule has 0 aliphatic carbocycles. The zero-order valence-corrected chi connectivity index (χ0v) is 19.3. The minimum atomic E-state index is -1.06. The molecule has 0 spiro atoms. The van der Waals surface area contributed by atoms with Gasteiger partial charge in [-0.2, -0.15) is 0 Å². The molecular formula is C23H28N3O3Si. The van der Waals surface area contributed by atoms with Gasteiger partial charge in [-0.25, -0.2) is 9.67 Å². The maximum atomic E-state index is 12.5. The molecule has 0 aliphatic heterocycles. The van der Waals surface area contributed by atoms with Crippen LogP contribution in [-0.4, -0.2) is 30.9 Å². The van der Waals surface area contributed by atoms with Gasteiger partial charge in [0, 0.05) is 12.3 Å². The van der Waals surface area contributed by atoms with Crippen molar-refractivity contribution < 1.29 is 9.16 Å². The molecule has 0 atom stereocenters. The Balaban J connectivity index is 2.06. The number of hydrogen-bond acceptors (Lipinski definition) is 4. The number of H-pyrrole nitrogens is 1. The molecule has 0 bridgehead atoms. The summed E-state index contributed by atoms with van der Waals surface area (Å²) in [5.41, 5.74) is 2.45. The molecule has 30 heavy (non-hydrogen) atoms. The molecule has 1 N–H and O–H groups in total. The monoisotopic (exact) mass is 422 g/mol. The summed E-state index contributed by atoms with van der Waals surface area (Å²) in [6.07, 6.45) is 3.58. The molecule has 3 rings (SSSR count). The van der Waals surface area contributed by atoms with Crippen molar-refractivity contribution >= 4 is 20.9 Å². The minimum Gasteiger partial charge on any atom is -0.541 e. The summed E-state index contributed by atoms with van der Waals surface area (Å²) in [6.45, 7) is 10.6. The molecule has 0 unspecified atom stereocenters. The van der Waals surface area contributed by atoms with Crippen LogP contribution in [0.25, 0.3) is 17.7 Å². The van der Waals surface area contributed by atoms with E-state index in [4.69, 9.17) is 9.16 Å². The van der Waals surface area contributed by atoms with Gasteiger partial charge in [-0.15, -0.1) is 0 Å². The Hall–Kier alpha value is -3.06. The number of rotatable bonds is 6. The summed E-state index contributed by atoms with van der Waals surface area (Å²) in [4.78, 5) is 16.8. The molecule has 2 heterocycles. The summed E-state index contributed by atoms with van der Waals surface area (Å²) in [6, 6.07) is 13.1. The Kier molecular flexibility index (Phi) is 6.31. The van der Waals surface area contributed by atoms with Crippen molar-refractivity contribution in [3.8, 4) is 11.6 Å². The van der Waals surface area contributed by atoms with E-state index in [9.17, 15) is 4.79 Å². The molecular weight excluding hydrogens is 394 g/mol. The highest BCUT2D eigenvalue weighted by molar-refractivity contribution is 6.49. The first-order valence-corrected chi connectivity index (χ1v) is 12.2. The van der Waals surface area contributed by atoms with E-state index in [1.54, 1.807) is 19.4 Å². The predicted molar refractivity (Wildman–Crippen MR) is 122 cm³/mol.